The molecular formula is C16H26N4O2S. The number of nitrogens with one attached hydrogen (secondary N) is 2. The quantitative estimate of drug-likeness (QED) is 0.446. The first-order valence-corrected chi connectivity index (χ1v) is 8.97. The van der Waals surface area contributed by atoms with Crippen molar-refractivity contribution in [3.05, 3.63) is 21.9 Å². The average Bonchev–Trinajstić information content (AvgIpc) is 3.04. The number of rotatable bonds is 7. The molecule has 1 aromatic heterocycles. The Morgan fingerprint density at radius 3 is 3.13 bits per heavy atom. The lowest BCUT2D eigenvalue weighted by atomic mass is 10.1. The molecule has 1 aliphatic heterocycles. The Balaban J connectivity index is 1.69. The molecule has 0 saturated carbocycles. The van der Waals surface area contributed by atoms with E-state index < -0.39 is 0 Å². The minimum absolute atomic E-state index is 0.110. The van der Waals surface area contributed by atoms with Crippen LogP contribution in [0.15, 0.2) is 16.4 Å². The summed E-state index contributed by atoms with van der Waals surface area (Å²) in [6.45, 7) is 6.02. The van der Waals surface area contributed by atoms with Gasteiger partial charge in [0.25, 0.3) is 0 Å². The summed E-state index contributed by atoms with van der Waals surface area (Å²) in [7, 11) is 1.71. The van der Waals surface area contributed by atoms with Crippen LogP contribution in [-0.4, -0.2) is 56.7 Å². The molecule has 2 heterocycles. The molecule has 1 aliphatic rings. The van der Waals surface area contributed by atoms with Crippen molar-refractivity contribution < 1.29 is 9.53 Å². The third kappa shape index (κ3) is 5.51. The summed E-state index contributed by atoms with van der Waals surface area (Å²) in [4.78, 5) is 19.8. The number of guanidine groups is 1. The van der Waals surface area contributed by atoms with Crippen molar-refractivity contribution in [2.45, 2.75) is 26.3 Å². The third-order valence-corrected chi connectivity index (χ3v) is 4.78. The number of carbonyl (C=O) groups is 1. The van der Waals surface area contributed by atoms with Crippen molar-refractivity contribution in [3.63, 3.8) is 0 Å². The van der Waals surface area contributed by atoms with Gasteiger partial charge in [-0.15, -0.1) is 11.3 Å². The van der Waals surface area contributed by atoms with Gasteiger partial charge in [0, 0.05) is 44.8 Å². The number of fused-ring (bicyclic) bond motifs is 1. The number of carbonyl (C=O) groups excluding carboxylic acids is 1. The number of hydrogen-bond acceptors (Lipinski definition) is 4. The van der Waals surface area contributed by atoms with E-state index in [1.807, 2.05) is 11.8 Å². The second-order valence-corrected chi connectivity index (χ2v) is 6.34. The molecule has 0 atom stereocenters. The van der Waals surface area contributed by atoms with Crippen molar-refractivity contribution >= 4 is 23.2 Å². The van der Waals surface area contributed by atoms with Crippen molar-refractivity contribution in [1.29, 1.82) is 0 Å². The fourth-order valence-corrected chi connectivity index (χ4v) is 3.37. The Hall–Kier alpha value is -1.60. The molecule has 2 N–H and O–H groups in total. The summed E-state index contributed by atoms with van der Waals surface area (Å²) in [5.41, 5.74) is 1.29. The number of nitrogens with zero attached hydrogens (tertiary/aromatic N) is 2. The monoisotopic (exact) mass is 338 g/mol. The van der Waals surface area contributed by atoms with Crippen LogP contribution in [0.4, 0.5) is 0 Å². The number of amides is 1. The van der Waals surface area contributed by atoms with Gasteiger partial charge in [0.15, 0.2) is 5.96 Å². The van der Waals surface area contributed by atoms with Crippen molar-refractivity contribution in [2.24, 2.45) is 4.99 Å². The van der Waals surface area contributed by atoms with Gasteiger partial charge in [-0.1, -0.05) is 0 Å². The molecule has 6 nitrogen and oxygen atoms in total. The van der Waals surface area contributed by atoms with E-state index in [9.17, 15) is 4.79 Å². The molecule has 128 valence electrons. The second kappa shape index (κ2) is 9.52. The van der Waals surface area contributed by atoms with Gasteiger partial charge in [0.05, 0.1) is 6.54 Å². The van der Waals surface area contributed by atoms with Crippen LogP contribution in [0.3, 0.4) is 0 Å². The van der Waals surface area contributed by atoms with E-state index in [0.717, 1.165) is 45.7 Å². The van der Waals surface area contributed by atoms with Crippen LogP contribution < -0.4 is 10.6 Å². The first-order valence-electron chi connectivity index (χ1n) is 8.10. The summed E-state index contributed by atoms with van der Waals surface area (Å²) in [5.74, 6) is 0.766. The molecule has 0 aromatic carbocycles. The highest BCUT2D eigenvalue weighted by Gasteiger charge is 2.21. The van der Waals surface area contributed by atoms with E-state index >= 15 is 0 Å². The van der Waals surface area contributed by atoms with Gasteiger partial charge >= 0.3 is 0 Å². The molecule has 0 unspecified atom stereocenters. The molecule has 0 aliphatic carbocycles. The van der Waals surface area contributed by atoms with Gasteiger partial charge in [0.1, 0.15) is 0 Å². The standard InChI is InChI=1S/C16H26N4O2S/c1-3-22-9-4-7-18-16(17-2)19-11-15(21)20-8-5-14-13(12-20)6-10-23-14/h6,10H,3-5,7-9,11-12H2,1-2H3,(H2,17,18,19). The predicted molar refractivity (Wildman–Crippen MR) is 93.9 cm³/mol. The minimum Gasteiger partial charge on any atom is -0.382 e. The maximum absolute atomic E-state index is 12.3. The lowest BCUT2D eigenvalue weighted by molar-refractivity contribution is -0.130. The smallest absolute Gasteiger partial charge is 0.242 e. The van der Waals surface area contributed by atoms with E-state index in [2.05, 4.69) is 27.1 Å². The van der Waals surface area contributed by atoms with Crippen LogP contribution in [0, 0.1) is 0 Å². The fraction of sp³-hybridized carbons (Fsp3) is 0.625. The summed E-state index contributed by atoms with van der Waals surface area (Å²) in [5, 5.41) is 8.37. The predicted octanol–water partition coefficient (Wildman–Crippen LogP) is 1.22. The molecule has 1 aromatic rings. The van der Waals surface area contributed by atoms with E-state index in [0.29, 0.717) is 5.96 Å². The summed E-state index contributed by atoms with van der Waals surface area (Å²) >= 11 is 1.78. The molecule has 0 saturated heterocycles. The Bertz CT molecular complexity index is 530. The number of aliphatic imine (C=N–C) groups is 1. The maximum Gasteiger partial charge on any atom is 0.242 e. The van der Waals surface area contributed by atoms with Gasteiger partial charge in [-0.2, -0.15) is 0 Å². The van der Waals surface area contributed by atoms with E-state index in [1.54, 1.807) is 18.4 Å². The molecule has 0 radical (unpaired) electrons. The lowest BCUT2D eigenvalue weighted by Crippen LogP contribution is -2.46. The largest absolute Gasteiger partial charge is 0.382 e. The molecular weight excluding hydrogens is 312 g/mol. The van der Waals surface area contributed by atoms with Gasteiger partial charge in [-0.3, -0.25) is 9.79 Å². The van der Waals surface area contributed by atoms with E-state index in [-0.39, 0.29) is 12.5 Å². The zero-order valence-corrected chi connectivity index (χ0v) is 14.7. The normalized spacial score (nSPS) is 14.5. The highest BCUT2D eigenvalue weighted by molar-refractivity contribution is 7.10. The maximum atomic E-state index is 12.3. The summed E-state index contributed by atoms with van der Waals surface area (Å²) in [6, 6.07) is 2.12. The Morgan fingerprint density at radius 1 is 1.48 bits per heavy atom. The van der Waals surface area contributed by atoms with Gasteiger partial charge in [-0.05, 0) is 36.8 Å². The molecule has 7 heteroatoms. The Morgan fingerprint density at radius 2 is 2.35 bits per heavy atom. The number of hydrogen-bond donors (Lipinski definition) is 2. The van der Waals surface area contributed by atoms with Crippen molar-refractivity contribution in [1.82, 2.24) is 15.5 Å². The van der Waals surface area contributed by atoms with E-state index in [4.69, 9.17) is 4.74 Å². The Labute approximate surface area is 141 Å². The van der Waals surface area contributed by atoms with Crippen LogP contribution in [0.2, 0.25) is 0 Å². The van der Waals surface area contributed by atoms with Gasteiger partial charge in [-0.25, -0.2) is 0 Å². The van der Waals surface area contributed by atoms with Crippen molar-refractivity contribution in [3.8, 4) is 0 Å². The van der Waals surface area contributed by atoms with Gasteiger partial charge in [0.2, 0.25) is 5.91 Å². The van der Waals surface area contributed by atoms with Crippen LogP contribution in [0.25, 0.3) is 0 Å². The van der Waals surface area contributed by atoms with Crippen LogP contribution in [-0.2, 0) is 22.5 Å². The number of thiophene rings is 1. The highest BCUT2D eigenvalue weighted by atomic mass is 32.1. The summed E-state index contributed by atoms with van der Waals surface area (Å²) < 4.78 is 5.29. The fourth-order valence-electron chi connectivity index (χ4n) is 2.48. The van der Waals surface area contributed by atoms with Gasteiger partial charge < -0.3 is 20.3 Å². The van der Waals surface area contributed by atoms with Crippen LogP contribution >= 0.6 is 11.3 Å². The Kier molecular flexibility index (Phi) is 7.35. The van der Waals surface area contributed by atoms with E-state index in [1.165, 1.54) is 10.4 Å². The van der Waals surface area contributed by atoms with Crippen molar-refractivity contribution in [2.75, 3.05) is 39.9 Å². The molecule has 1 amide bonds. The molecule has 0 fully saturated rings. The topological polar surface area (TPSA) is 66.0 Å². The highest BCUT2D eigenvalue weighted by Crippen LogP contribution is 2.23. The zero-order valence-electron chi connectivity index (χ0n) is 13.9. The third-order valence-electron chi connectivity index (χ3n) is 3.75. The minimum atomic E-state index is 0.110. The summed E-state index contributed by atoms with van der Waals surface area (Å²) in [6.07, 6.45) is 1.87. The van der Waals surface area contributed by atoms with Crippen LogP contribution in [0.1, 0.15) is 23.8 Å². The first-order chi connectivity index (χ1) is 11.2. The second-order valence-electron chi connectivity index (χ2n) is 5.34. The molecule has 0 spiro atoms. The number of ether oxygens (including phenoxy) is 1. The molecule has 0 bridgehead atoms. The van der Waals surface area contributed by atoms with Crippen LogP contribution in [0.5, 0.6) is 0 Å². The molecule has 2 rings (SSSR count). The first kappa shape index (κ1) is 17.7. The lowest BCUT2D eigenvalue weighted by Gasteiger charge is -2.27. The SMILES string of the molecule is CCOCCCNC(=NC)NCC(=O)N1CCc2sccc2C1. The zero-order chi connectivity index (χ0) is 16.5. The average molecular weight is 338 g/mol. The molecule has 23 heavy (non-hydrogen) atoms.